The molecule has 1 saturated heterocycles. The Balaban J connectivity index is 2.32. The third-order valence-electron chi connectivity index (χ3n) is 3.01. The van der Waals surface area contributed by atoms with Crippen LogP contribution in [0.15, 0.2) is 29.2 Å². The van der Waals surface area contributed by atoms with Crippen molar-refractivity contribution < 1.29 is 13.2 Å². The molecule has 2 rings (SSSR count). The number of ether oxygens (including phenoxy) is 1. The second kappa shape index (κ2) is 5.57. The third kappa shape index (κ3) is 2.71. The summed E-state index contributed by atoms with van der Waals surface area (Å²) < 4.78 is 31.2. The van der Waals surface area contributed by atoms with Gasteiger partial charge in [-0.2, -0.15) is 9.57 Å². The molecule has 1 aliphatic rings. The van der Waals surface area contributed by atoms with Gasteiger partial charge >= 0.3 is 0 Å². The largest absolute Gasteiger partial charge is 0.497 e. The van der Waals surface area contributed by atoms with E-state index in [4.69, 9.17) is 10.00 Å². The fourth-order valence-electron chi connectivity index (χ4n) is 1.97. The maximum atomic E-state index is 12.5. The maximum Gasteiger partial charge on any atom is 0.244 e. The van der Waals surface area contributed by atoms with E-state index in [0.29, 0.717) is 25.4 Å². The van der Waals surface area contributed by atoms with Crippen LogP contribution in [0.5, 0.6) is 5.75 Å². The molecular formula is C12H15N3O3S. The van der Waals surface area contributed by atoms with Crippen LogP contribution >= 0.6 is 0 Å². The van der Waals surface area contributed by atoms with Gasteiger partial charge in [-0.25, -0.2) is 8.42 Å². The van der Waals surface area contributed by atoms with Gasteiger partial charge in [0.2, 0.25) is 10.0 Å². The van der Waals surface area contributed by atoms with Gasteiger partial charge in [0.15, 0.2) is 0 Å². The zero-order valence-electron chi connectivity index (χ0n) is 10.5. The van der Waals surface area contributed by atoms with Gasteiger partial charge < -0.3 is 10.1 Å². The summed E-state index contributed by atoms with van der Waals surface area (Å²) in [7, 11) is -2.11. The third-order valence-corrected chi connectivity index (χ3v) is 4.93. The molecule has 0 aliphatic carbocycles. The van der Waals surface area contributed by atoms with Gasteiger partial charge in [0.25, 0.3) is 0 Å². The topological polar surface area (TPSA) is 82.4 Å². The first-order valence-electron chi connectivity index (χ1n) is 5.86. The number of nitriles is 1. The summed E-state index contributed by atoms with van der Waals surface area (Å²) in [4.78, 5) is 0.176. The molecule has 0 radical (unpaired) electrons. The molecule has 19 heavy (non-hydrogen) atoms. The van der Waals surface area contributed by atoms with Gasteiger partial charge in [-0.05, 0) is 24.3 Å². The standard InChI is InChI=1S/C12H15N3O3S/c1-18-11-2-4-12(5-3-11)19(16,17)15-7-6-14-9-10(15)8-13/h2-5,10,14H,6-7,9H2,1H3. The monoisotopic (exact) mass is 281 g/mol. The number of sulfonamides is 1. The van der Waals surface area contributed by atoms with E-state index in [-0.39, 0.29) is 4.90 Å². The van der Waals surface area contributed by atoms with E-state index >= 15 is 0 Å². The number of methoxy groups -OCH3 is 1. The number of nitrogens with one attached hydrogen (secondary N) is 1. The molecule has 1 aliphatic heterocycles. The van der Waals surface area contributed by atoms with Gasteiger partial charge in [-0.3, -0.25) is 0 Å². The van der Waals surface area contributed by atoms with Gasteiger partial charge in [-0.15, -0.1) is 0 Å². The highest BCUT2D eigenvalue weighted by molar-refractivity contribution is 7.89. The Morgan fingerprint density at radius 3 is 2.68 bits per heavy atom. The lowest BCUT2D eigenvalue weighted by Gasteiger charge is -2.30. The number of hydrogen-bond acceptors (Lipinski definition) is 5. The van der Waals surface area contributed by atoms with Crippen molar-refractivity contribution in [2.24, 2.45) is 0 Å². The Labute approximate surface area is 112 Å². The summed E-state index contributed by atoms with van der Waals surface area (Å²) in [6, 6.07) is 7.51. The lowest BCUT2D eigenvalue weighted by molar-refractivity contribution is 0.312. The zero-order valence-corrected chi connectivity index (χ0v) is 11.4. The van der Waals surface area contributed by atoms with E-state index in [1.165, 1.54) is 23.5 Å². The van der Waals surface area contributed by atoms with Crippen molar-refractivity contribution in [3.63, 3.8) is 0 Å². The first kappa shape index (κ1) is 13.8. The fraction of sp³-hybridized carbons (Fsp3) is 0.417. The molecule has 1 atom stereocenters. The van der Waals surface area contributed by atoms with Crippen LogP contribution in [0.3, 0.4) is 0 Å². The van der Waals surface area contributed by atoms with Gasteiger partial charge in [0.05, 0.1) is 18.1 Å². The van der Waals surface area contributed by atoms with Crippen LogP contribution in [-0.4, -0.2) is 45.5 Å². The molecule has 0 spiro atoms. The van der Waals surface area contributed by atoms with Crippen molar-refractivity contribution in [2.45, 2.75) is 10.9 Å². The van der Waals surface area contributed by atoms with E-state index in [1.807, 2.05) is 6.07 Å². The van der Waals surface area contributed by atoms with Crippen LogP contribution in [0.1, 0.15) is 0 Å². The summed E-state index contributed by atoms with van der Waals surface area (Å²) in [5, 5.41) is 12.0. The summed E-state index contributed by atoms with van der Waals surface area (Å²) in [6.45, 7) is 1.20. The molecule has 6 nitrogen and oxygen atoms in total. The Kier molecular flexibility index (Phi) is 4.04. The molecule has 1 unspecified atom stereocenters. The Hall–Kier alpha value is -1.62. The van der Waals surface area contributed by atoms with Crippen LogP contribution in [0.4, 0.5) is 0 Å². The smallest absolute Gasteiger partial charge is 0.244 e. The fourth-order valence-corrected chi connectivity index (χ4v) is 3.51. The SMILES string of the molecule is COc1ccc(S(=O)(=O)N2CCNCC2C#N)cc1. The van der Waals surface area contributed by atoms with E-state index in [1.54, 1.807) is 12.1 Å². The highest BCUT2D eigenvalue weighted by atomic mass is 32.2. The normalized spacial score (nSPS) is 20.7. The molecule has 102 valence electrons. The highest BCUT2D eigenvalue weighted by Crippen LogP contribution is 2.21. The molecule has 0 aromatic heterocycles. The van der Waals surface area contributed by atoms with Crippen LogP contribution in [0.2, 0.25) is 0 Å². The quantitative estimate of drug-likeness (QED) is 0.854. The van der Waals surface area contributed by atoms with Crippen LogP contribution < -0.4 is 10.1 Å². The number of nitrogens with zero attached hydrogens (tertiary/aromatic N) is 2. The molecule has 1 N–H and O–H groups in total. The Morgan fingerprint density at radius 1 is 1.42 bits per heavy atom. The van der Waals surface area contributed by atoms with Gasteiger partial charge in [-0.1, -0.05) is 0 Å². The minimum absolute atomic E-state index is 0.176. The van der Waals surface area contributed by atoms with Crippen molar-refractivity contribution in [1.29, 1.82) is 5.26 Å². The molecule has 1 fully saturated rings. The van der Waals surface area contributed by atoms with Crippen molar-refractivity contribution in [3.05, 3.63) is 24.3 Å². The van der Waals surface area contributed by atoms with Crippen molar-refractivity contribution in [2.75, 3.05) is 26.7 Å². The molecule has 1 heterocycles. The number of piperazine rings is 1. The summed E-state index contributed by atoms with van der Waals surface area (Å²) in [6.07, 6.45) is 0. The Bertz CT molecular complexity index is 577. The average Bonchev–Trinajstić information content (AvgIpc) is 2.47. The molecule has 1 aromatic carbocycles. The van der Waals surface area contributed by atoms with E-state index < -0.39 is 16.1 Å². The Morgan fingerprint density at radius 2 is 2.11 bits per heavy atom. The number of hydrogen-bond donors (Lipinski definition) is 1. The lowest BCUT2D eigenvalue weighted by atomic mass is 10.3. The molecule has 7 heteroatoms. The van der Waals surface area contributed by atoms with Crippen molar-refractivity contribution >= 4 is 10.0 Å². The molecule has 0 amide bonds. The average molecular weight is 281 g/mol. The second-order valence-corrected chi connectivity index (χ2v) is 6.03. The highest BCUT2D eigenvalue weighted by Gasteiger charge is 2.33. The predicted octanol–water partition coefficient (Wildman–Crippen LogP) is 0.181. The number of benzene rings is 1. The first-order chi connectivity index (χ1) is 9.09. The van der Waals surface area contributed by atoms with E-state index in [9.17, 15) is 8.42 Å². The first-order valence-corrected chi connectivity index (χ1v) is 7.30. The van der Waals surface area contributed by atoms with E-state index in [2.05, 4.69) is 5.32 Å². The predicted molar refractivity (Wildman–Crippen MR) is 69.2 cm³/mol. The second-order valence-electron chi connectivity index (χ2n) is 4.14. The van der Waals surface area contributed by atoms with Gasteiger partial charge in [0, 0.05) is 19.6 Å². The van der Waals surface area contributed by atoms with Crippen molar-refractivity contribution in [3.8, 4) is 11.8 Å². The minimum atomic E-state index is -3.63. The minimum Gasteiger partial charge on any atom is -0.497 e. The zero-order chi connectivity index (χ0) is 13.9. The van der Waals surface area contributed by atoms with Crippen LogP contribution in [0, 0.1) is 11.3 Å². The van der Waals surface area contributed by atoms with Crippen molar-refractivity contribution in [1.82, 2.24) is 9.62 Å². The number of rotatable bonds is 3. The lowest BCUT2D eigenvalue weighted by Crippen LogP contribution is -2.52. The summed E-state index contributed by atoms with van der Waals surface area (Å²) >= 11 is 0. The van der Waals surface area contributed by atoms with Gasteiger partial charge in [0.1, 0.15) is 11.8 Å². The van der Waals surface area contributed by atoms with Crippen LogP contribution in [0.25, 0.3) is 0 Å². The maximum absolute atomic E-state index is 12.5. The summed E-state index contributed by atoms with van der Waals surface area (Å²) in [5.74, 6) is 0.594. The molecule has 0 bridgehead atoms. The van der Waals surface area contributed by atoms with E-state index in [0.717, 1.165) is 0 Å². The molecule has 0 saturated carbocycles. The molecular weight excluding hydrogens is 266 g/mol. The summed E-state index contributed by atoms with van der Waals surface area (Å²) in [5.41, 5.74) is 0. The molecule has 1 aromatic rings. The van der Waals surface area contributed by atoms with Crippen LogP contribution in [-0.2, 0) is 10.0 Å².